The molecule has 1 unspecified atom stereocenters. The fraction of sp³-hybridized carbons (Fsp3) is 0.632. The van der Waals surface area contributed by atoms with Gasteiger partial charge in [-0.25, -0.2) is 13.1 Å². The van der Waals surface area contributed by atoms with Crippen LogP contribution in [-0.2, 0) is 10.0 Å². The maximum absolute atomic E-state index is 12.2. The summed E-state index contributed by atoms with van der Waals surface area (Å²) in [4.78, 5) is 7.03. The molecule has 1 saturated heterocycles. The predicted molar refractivity (Wildman–Crippen MR) is 110 cm³/mol. The number of benzene rings is 1. The lowest BCUT2D eigenvalue weighted by atomic mass is 10.0. The monoisotopic (exact) mass is 395 g/mol. The molecule has 0 aliphatic carbocycles. The maximum Gasteiger partial charge on any atom is 0.240 e. The van der Waals surface area contributed by atoms with Gasteiger partial charge in [0.1, 0.15) is 0 Å². The minimum atomic E-state index is -3.46. The lowest BCUT2D eigenvalue weighted by Crippen LogP contribution is -2.46. The summed E-state index contributed by atoms with van der Waals surface area (Å²) in [6.45, 7) is 6.02. The summed E-state index contributed by atoms with van der Waals surface area (Å²) in [5, 5.41) is 6.46. The smallest absolute Gasteiger partial charge is 0.240 e. The number of piperidine rings is 1. The van der Waals surface area contributed by atoms with Gasteiger partial charge in [0.05, 0.1) is 4.90 Å². The van der Waals surface area contributed by atoms with Crippen molar-refractivity contribution in [1.82, 2.24) is 20.3 Å². The first-order chi connectivity index (χ1) is 13.1. The van der Waals surface area contributed by atoms with E-state index in [9.17, 15) is 8.42 Å². The van der Waals surface area contributed by atoms with E-state index in [1.54, 1.807) is 37.4 Å². The summed E-state index contributed by atoms with van der Waals surface area (Å²) in [6.07, 6.45) is 5.12. The molecular weight excluding hydrogens is 362 g/mol. The van der Waals surface area contributed by atoms with Gasteiger partial charge >= 0.3 is 0 Å². The second kappa shape index (κ2) is 11.3. The van der Waals surface area contributed by atoms with Gasteiger partial charge in [0, 0.05) is 39.3 Å². The first-order valence-corrected chi connectivity index (χ1v) is 11.3. The van der Waals surface area contributed by atoms with Crippen LogP contribution in [-0.4, -0.2) is 65.1 Å². The van der Waals surface area contributed by atoms with Crippen LogP contribution in [0.5, 0.6) is 0 Å². The number of nitrogens with one attached hydrogen (secondary N) is 3. The third kappa shape index (κ3) is 7.12. The molecular formula is C19H33N5O2S. The van der Waals surface area contributed by atoms with Crippen LogP contribution in [0.3, 0.4) is 0 Å². The minimum Gasteiger partial charge on any atom is -0.355 e. The summed E-state index contributed by atoms with van der Waals surface area (Å²) >= 11 is 0. The molecule has 152 valence electrons. The van der Waals surface area contributed by atoms with Gasteiger partial charge in [-0.15, -0.1) is 0 Å². The maximum atomic E-state index is 12.2. The first kappa shape index (κ1) is 21.7. The molecule has 0 aromatic heterocycles. The van der Waals surface area contributed by atoms with Crippen LogP contribution in [0, 0.1) is 0 Å². The summed E-state index contributed by atoms with van der Waals surface area (Å²) in [5.41, 5.74) is 0. The van der Waals surface area contributed by atoms with Gasteiger partial charge in [0.25, 0.3) is 0 Å². The molecule has 1 fully saturated rings. The van der Waals surface area contributed by atoms with Gasteiger partial charge < -0.3 is 10.6 Å². The molecule has 2 rings (SSSR count). The topological polar surface area (TPSA) is 85.8 Å². The van der Waals surface area contributed by atoms with Gasteiger partial charge in [0.15, 0.2) is 5.96 Å². The van der Waals surface area contributed by atoms with Crippen LogP contribution in [0.2, 0.25) is 0 Å². The summed E-state index contributed by atoms with van der Waals surface area (Å²) in [6, 6.07) is 9.08. The van der Waals surface area contributed by atoms with Crippen LogP contribution in [0.15, 0.2) is 40.2 Å². The molecule has 1 aliphatic rings. The molecule has 1 aliphatic heterocycles. The molecule has 1 aromatic carbocycles. The zero-order chi connectivity index (χ0) is 19.5. The van der Waals surface area contributed by atoms with E-state index in [-0.39, 0.29) is 4.90 Å². The molecule has 27 heavy (non-hydrogen) atoms. The Labute approximate surface area is 163 Å². The van der Waals surface area contributed by atoms with Crippen molar-refractivity contribution in [2.45, 2.75) is 43.5 Å². The van der Waals surface area contributed by atoms with Crippen LogP contribution in [0.4, 0.5) is 0 Å². The number of aliphatic imine (C=N–C) groups is 1. The fourth-order valence-corrected chi connectivity index (χ4v) is 4.46. The lowest BCUT2D eigenvalue weighted by Gasteiger charge is -2.35. The lowest BCUT2D eigenvalue weighted by molar-refractivity contribution is 0.147. The van der Waals surface area contributed by atoms with E-state index < -0.39 is 10.0 Å². The molecule has 0 spiro atoms. The predicted octanol–water partition coefficient (Wildman–Crippen LogP) is 1.39. The van der Waals surface area contributed by atoms with Crippen LogP contribution in [0.1, 0.15) is 32.6 Å². The fourth-order valence-electron chi connectivity index (χ4n) is 3.40. The molecule has 0 saturated carbocycles. The van der Waals surface area contributed by atoms with Gasteiger partial charge in [-0.2, -0.15) is 0 Å². The van der Waals surface area contributed by atoms with Crippen molar-refractivity contribution in [2.75, 3.05) is 39.8 Å². The van der Waals surface area contributed by atoms with Gasteiger partial charge in [-0.3, -0.25) is 9.89 Å². The SMILES string of the molecule is CCC1CCCCN1CCNC(=NC)NCCNS(=O)(=O)c1ccccc1. The highest BCUT2D eigenvalue weighted by Crippen LogP contribution is 2.18. The Bertz CT molecular complexity index is 679. The number of likely N-dealkylation sites (tertiary alicyclic amines) is 1. The third-order valence-electron chi connectivity index (χ3n) is 4.90. The van der Waals surface area contributed by atoms with E-state index in [0.29, 0.717) is 25.1 Å². The summed E-state index contributed by atoms with van der Waals surface area (Å²) in [5.74, 6) is 0.693. The van der Waals surface area contributed by atoms with Crippen molar-refractivity contribution >= 4 is 16.0 Å². The van der Waals surface area contributed by atoms with Gasteiger partial charge in [-0.1, -0.05) is 31.5 Å². The zero-order valence-corrected chi connectivity index (χ0v) is 17.3. The molecule has 8 heteroatoms. The van der Waals surface area contributed by atoms with Crippen LogP contribution >= 0.6 is 0 Å². The Morgan fingerprint density at radius 1 is 1.15 bits per heavy atom. The van der Waals surface area contributed by atoms with Crippen molar-refractivity contribution in [3.63, 3.8) is 0 Å². The Morgan fingerprint density at radius 3 is 2.59 bits per heavy atom. The van der Waals surface area contributed by atoms with Gasteiger partial charge in [-0.05, 0) is 37.9 Å². The first-order valence-electron chi connectivity index (χ1n) is 9.80. The molecule has 0 bridgehead atoms. The number of hydrogen-bond acceptors (Lipinski definition) is 4. The number of sulfonamides is 1. The molecule has 1 atom stereocenters. The summed E-state index contributed by atoms with van der Waals surface area (Å²) in [7, 11) is -1.74. The highest BCUT2D eigenvalue weighted by molar-refractivity contribution is 7.89. The summed E-state index contributed by atoms with van der Waals surface area (Å²) < 4.78 is 26.9. The average molecular weight is 396 g/mol. The van der Waals surface area contributed by atoms with Crippen molar-refractivity contribution in [3.05, 3.63) is 30.3 Å². The number of hydrogen-bond donors (Lipinski definition) is 3. The molecule has 0 amide bonds. The molecule has 1 aromatic rings. The van der Waals surface area contributed by atoms with Gasteiger partial charge in [0.2, 0.25) is 10.0 Å². The van der Waals surface area contributed by atoms with Crippen molar-refractivity contribution in [1.29, 1.82) is 0 Å². The quantitative estimate of drug-likeness (QED) is 0.334. The highest BCUT2D eigenvalue weighted by atomic mass is 32.2. The van der Waals surface area contributed by atoms with E-state index in [0.717, 1.165) is 13.1 Å². The Hall–Kier alpha value is -1.64. The molecule has 1 heterocycles. The zero-order valence-electron chi connectivity index (χ0n) is 16.4. The highest BCUT2D eigenvalue weighted by Gasteiger charge is 2.20. The van der Waals surface area contributed by atoms with E-state index in [1.807, 2.05) is 0 Å². The number of rotatable bonds is 9. The van der Waals surface area contributed by atoms with Crippen molar-refractivity contribution in [2.24, 2.45) is 4.99 Å². The van der Waals surface area contributed by atoms with E-state index >= 15 is 0 Å². The van der Waals surface area contributed by atoms with Crippen molar-refractivity contribution in [3.8, 4) is 0 Å². The van der Waals surface area contributed by atoms with E-state index in [4.69, 9.17) is 0 Å². The Morgan fingerprint density at radius 2 is 1.89 bits per heavy atom. The van der Waals surface area contributed by atoms with Crippen LogP contribution < -0.4 is 15.4 Å². The molecule has 3 N–H and O–H groups in total. The number of nitrogens with zero attached hydrogens (tertiary/aromatic N) is 2. The number of guanidine groups is 1. The van der Waals surface area contributed by atoms with Crippen LogP contribution in [0.25, 0.3) is 0 Å². The van der Waals surface area contributed by atoms with E-state index in [1.165, 1.54) is 32.2 Å². The Balaban J connectivity index is 1.67. The molecule has 0 radical (unpaired) electrons. The third-order valence-corrected chi connectivity index (χ3v) is 6.38. The van der Waals surface area contributed by atoms with Crippen molar-refractivity contribution < 1.29 is 8.42 Å². The normalized spacial score (nSPS) is 19.0. The second-order valence-corrected chi connectivity index (χ2v) is 8.50. The Kier molecular flexibility index (Phi) is 9.03. The van der Waals surface area contributed by atoms with E-state index in [2.05, 4.69) is 32.2 Å². The largest absolute Gasteiger partial charge is 0.355 e. The standard InChI is InChI=1S/C19H33N5O2S/c1-3-17-9-7-8-15-24(17)16-14-22-19(20-2)21-12-13-23-27(25,26)18-10-5-4-6-11-18/h4-6,10-11,17,23H,3,7-9,12-16H2,1-2H3,(H2,20,21,22). The second-order valence-electron chi connectivity index (χ2n) is 6.73. The average Bonchev–Trinajstić information content (AvgIpc) is 2.70. The molecule has 7 nitrogen and oxygen atoms in total. The minimum absolute atomic E-state index is 0.277.